The minimum Gasteiger partial charge on any atom is -0.494 e. The van der Waals surface area contributed by atoms with Crippen LogP contribution in [0.25, 0.3) is 0 Å². The molecule has 0 bridgehead atoms. The lowest BCUT2D eigenvalue weighted by molar-refractivity contribution is 0.332. The van der Waals surface area contributed by atoms with Crippen molar-refractivity contribution in [3.05, 3.63) is 40.5 Å². The molecule has 1 heterocycles. The van der Waals surface area contributed by atoms with Gasteiger partial charge in [0.05, 0.1) is 18.3 Å². The van der Waals surface area contributed by atoms with E-state index in [1.165, 1.54) is 0 Å². The van der Waals surface area contributed by atoms with Gasteiger partial charge in [-0.3, -0.25) is 0 Å². The molecule has 0 saturated carbocycles. The fraction of sp³-hybridized carbons (Fsp3) is 0.357. The van der Waals surface area contributed by atoms with Crippen LogP contribution in [0.15, 0.2) is 24.3 Å². The van der Waals surface area contributed by atoms with Crippen molar-refractivity contribution in [3.63, 3.8) is 0 Å². The van der Waals surface area contributed by atoms with Gasteiger partial charge in [0, 0.05) is 5.56 Å². The molecule has 0 amide bonds. The molecule has 0 spiro atoms. The second-order valence-corrected chi connectivity index (χ2v) is 4.75. The maximum absolute atomic E-state index is 6.09. The fourth-order valence-corrected chi connectivity index (χ4v) is 2.21. The largest absolute Gasteiger partial charge is 0.494 e. The van der Waals surface area contributed by atoms with Gasteiger partial charge < -0.3 is 10.5 Å². The van der Waals surface area contributed by atoms with Gasteiger partial charge >= 0.3 is 0 Å². The molecule has 102 valence electrons. The van der Waals surface area contributed by atoms with Crippen molar-refractivity contribution in [1.29, 1.82) is 0 Å². The maximum Gasteiger partial charge on any atom is 0.141 e. The van der Waals surface area contributed by atoms with Gasteiger partial charge in [-0.05, 0) is 26.8 Å². The van der Waals surface area contributed by atoms with Crippen LogP contribution in [0.2, 0.25) is 5.02 Å². The van der Waals surface area contributed by atoms with Crippen LogP contribution in [0.4, 0.5) is 5.82 Å². The van der Waals surface area contributed by atoms with Crippen LogP contribution in [0.1, 0.15) is 31.1 Å². The van der Waals surface area contributed by atoms with E-state index in [-0.39, 0.29) is 6.04 Å². The highest BCUT2D eigenvalue weighted by Gasteiger charge is 2.19. The summed E-state index contributed by atoms with van der Waals surface area (Å²) in [7, 11) is 0. The molecule has 0 aliphatic carbocycles. The lowest BCUT2D eigenvalue weighted by Gasteiger charge is -2.18. The van der Waals surface area contributed by atoms with Gasteiger partial charge in [0.15, 0.2) is 0 Å². The summed E-state index contributed by atoms with van der Waals surface area (Å²) in [6.07, 6.45) is 0. The van der Waals surface area contributed by atoms with Gasteiger partial charge in [0.1, 0.15) is 16.6 Å². The molecule has 0 saturated heterocycles. The molecule has 2 N–H and O–H groups in total. The summed E-state index contributed by atoms with van der Waals surface area (Å²) in [6.45, 7) is 6.45. The van der Waals surface area contributed by atoms with E-state index in [0.717, 1.165) is 17.0 Å². The molecule has 0 radical (unpaired) electrons. The molecule has 5 heteroatoms. The number of hydrogen-bond acceptors (Lipinski definition) is 3. The number of aryl methyl sites for hydroxylation is 1. The molecular weight excluding hydrogens is 262 g/mol. The van der Waals surface area contributed by atoms with Crippen molar-refractivity contribution in [2.75, 3.05) is 12.3 Å². The number of halogens is 1. The maximum atomic E-state index is 6.09. The summed E-state index contributed by atoms with van der Waals surface area (Å²) in [4.78, 5) is 0. The highest BCUT2D eigenvalue weighted by Crippen LogP contribution is 2.32. The van der Waals surface area contributed by atoms with Crippen molar-refractivity contribution < 1.29 is 4.74 Å². The number of benzene rings is 1. The number of nitrogen functional groups attached to an aromatic ring is 1. The molecule has 1 atom stereocenters. The molecule has 1 aromatic carbocycles. The Morgan fingerprint density at radius 3 is 2.68 bits per heavy atom. The van der Waals surface area contributed by atoms with E-state index in [0.29, 0.717) is 17.4 Å². The molecule has 2 aromatic rings. The minimum atomic E-state index is -0.0334. The average molecular weight is 280 g/mol. The molecular formula is C14H18ClN3O. The lowest BCUT2D eigenvalue weighted by Crippen LogP contribution is -2.13. The molecule has 0 fully saturated rings. The first-order valence-corrected chi connectivity index (χ1v) is 6.65. The topological polar surface area (TPSA) is 53.1 Å². The van der Waals surface area contributed by atoms with Crippen LogP contribution in [0.3, 0.4) is 0 Å². The molecule has 1 unspecified atom stereocenters. The van der Waals surface area contributed by atoms with E-state index in [9.17, 15) is 0 Å². The number of nitrogens with zero attached hydrogens (tertiary/aromatic N) is 2. The molecule has 4 nitrogen and oxygen atoms in total. The molecule has 19 heavy (non-hydrogen) atoms. The third kappa shape index (κ3) is 2.54. The Hall–Kier alpha value is -1.68. The Balaban J connectivity index is 2.43. The van der Waals surface area contributed by atoms with Crippen molar-refractivity contribution in [2.24, 2.45) is 0 Å². The molecule has 2 rings (SSSR count). The molecule has 0 aliphatic heterocycles. The summed E-state index contributed by atoms with van der Waals surface area (Å²) < 4.78 is 7.37. The second kappa shape index (κ2) is 5.53. The van der Waals surface area contributed by atoms with Gasteiger partial charge in [-0.15, -0.1) is 0 Å². The normalized spacial score (nSPS) is 12.4. The Morgan fingerprint density at radius 1 is 1.42 bits per heavy atom. The van der Waals surface area contributed by atoms with Gasteiger partial charge in [-0.2, -0.15) is 5.10 Å². The van der Waals surface area contributed by atoms with E-state index >= 15 is 0 Å². The average Bonchev–Trinajstić information content (AvgIpc) is 2.67. The zero-order valence-electron chi connectivity index (χ0n) is 11.4. The van der Waals surface area contributed by atoms with Gasteiger partial charge in [0.25, 0.3) is 0 Å². The summed E-state index contributed by atoms with van der Waals surface area (Å²) in [5, 5.41) is 4.91. The zero-order chi connectivity index (χ0) is 14.0. The Morgan fingerprint density at radius 2 is 2.11 bits per heavy atom. The Kier molecular flexibility index (Phi) is 4.00. The van der Waals surface area contributed by atoms with E-state index in [1.54, 1.807) is 4.68 Å². The number of para-hydroxylation sites is 1. The second-order valence-electron chi connectivity index (χ2n) is 4.38. The smallest absolute Gasteiger partial charge is 0.141 e. The highest BCUT2D eigenvalue weighted by molar-refractivity contribution is 6.33. The predicted molar refractivity (Wildman–Crippen MR) is 77.8 cm³/mol. The van der Waals surface area contributed by atoms with Crippen LogP contribution in [-0.2, 0) is 0 Å². The van der Waals surface area contributed by atoms with E-state index in [2.05, 4.69) is 5.10 Å². The zero-order valence-corrected chi connectivity index (χ0v) is 12.1. The first-order valence-electron chi connectivity index (χ1n) is 6.28. The third-order valence-corrected chi connectivity index (χ3v) is 3.55. The van der Waals surface area contributed by atoms with Crippen molar-refractivity contribution in [2.45, 2.75) is 26.8 Å². The van der Waals surface area contributed by atoms with Gasteiger partial charge in [0.2, 0.25) is 0 Å². The van der Waals surface area contributed by atoms with Gasteiger partial charge in [-0.1, -0.05) is 29.8 Å². The number of hydrogen-bond donors (Lipinski definition) is 1. The lowest BCUT2D eigenvalue weighted by atomic mass is 10.1. The predicted octanol–water partition coefficient (Wildman–Crippen LogP) is 3.44. The highest BCUT2D eigenvalue weighted by atomic mass is 35.5. The molecule has 0 aliphatic rings. The van der Waals surface area contributed by atoms with Crippen LogP contribution in [0.5, 0.6) is 5.75 Å². The first-order chi connectivity index (χ1) is 9.06. The van der Waals surface area contributed by atoms with Crippen molar-refractivity contribution >= 4 is 17.4 Å². The van der Waals surface area contributed by atoms with Crippen LogP contribution in [-0.4, -0.2) is 16.4 Å². The quantitative estimate of drug-likeness (QED) is 0.933. The Labute approximate surface area is 118 Å². The van der Waals surface area contributed by atoms with Crippen LogP contribution in [0, 0.1) is 6.92 Å². The standard InChI is InChI=1S/C14H18ClN3O/c1-4-19-12-8-6-5-7-11(12)10(3)18-14(16)13(15)9(2)17-18/h5-8,10H,4,16H2,1-3H3. The SMILES string of the molecule is CCOc1ccccc1C(C)n1nc(C)c(Cl)c1N. The fourth-order valence-electron chi connectivity index (χ4n) is 2.08. The van der Waals surface area contributed by atoms with E-state index in [4.69, 9.17) is 22.1 Å². The number of nitrogens with two attached hydrogens (primary N) is 1. The third-order valence-electron chi connectivity index (χ3n) is 3.08. The first kappa shape index (κ1) is 13.7. The summed E-state index contributed by atoms with van der Waals surface area (Å²) in [5.74, 6) is 1.33. The summed E-state index contributed by atoms with van der Waals surface area (Å²) in [5.41, 5.74) is 7.77. The number of rotatable bonds is 4. The van der Waals surface area contributed by atoms with Gasteiger partial charge in [-0.25, -0.2) is 4.68 Å². The number of aromatic nitrogens is 2. The van der Waals surface area contributed by atoms with E-state index < -0.39 is 0 Å². The van der Waals surface area contributed by atoms with Crippen LogP contribution >= 0.6 is 11.6 Å². The molecule has 1 aromatic heterocycles. The Bertz CT molecular complexity index is 580. The summed E-state index contributed by atoms with van der Waals surface area (Å²) in [6, 6.07) is 7.85. The number of anilines is 1. The van der Waals surface area contributed by atoms with Crippen LogP contribution < -0.4 is 10.5 Å². The van der Waals surface area contributed by atoms with Crippen molar-refractivity contribution in [1.82, 2.24) is 9.78 Å². The van der Waals surface area contributed by atoms with E-state index in [1.807, 2.05) is 45.0 Å². The minimum absolute atomic E-state index is 0.0334. The monoisotopic (exact) mass is 279 g/mol. The summed E-state index contributed by atoms with van der Waals surface area (Å²) >= 11 is 6.09. The van der Waals surface area contributed by atoms with Crippen molar-refractivity contribution in [3.8, 4) is 5.75 Å². The number of ether oxygens (including phenoxy) is 1.